The number of sulfonamides is 1. The third kappa shape index (κ3) is 5.03. The summed E-state index contributed by atoms with van der Waals surface area (Å²) >= 11 is 1.55. The molecule has 35 heavy (non-hydrogen) atoms. The molecule has 0 saturated carbocycles. The summed E-state index contributed by atoms with van der Waals surface area (Å²) in [4.78, 5) is 20.0. The molecule has 2 aromatic heterocycles. The van der Waals surface area contributed by atoms with Gasteiger partial charge in [0.2, 0.25) is 0 Å². The van der Waals surface area contributed by atoms with Crippen LogP contribution in [0.2, 0.25) is 0 Å². The maximum Gasteiger partial charge on any atom is 1.00 e. The third-order valence-electron chi connectivity index (χ3n) is 5.50. The molecule has 0 saturated heterocycles. The first kappa shape index (κ1) is 25.1. The number of hydrogen-bond acceptors (Lipinski definition) is 6. The third-order valence-corrected chi connectivity index (χ3v) is 8.00. The fourth-order valence-electron chi connectivity index (χ4n) is 3.77. The fourth-order valence-corrected chi connectivity index (χ4v) is 5.72. The maximum atomic E-state index is 12.7. The molecule has 5 rings (SSSR count). The molecular formula is C25H17N4NaO3S2. The summed E-state index contributed by atoms with van der Waals surface area (Å²) in [5.41, 5.74) is 4.12. The summed E-state index contributed by atoms with van der Waals surface area (Å²) in [6, 6.07) is 19.1. The van der Waals surface area contributed by atoms with Crippen molar-refractivity contribution in [1.29, 1.82) is 5.26 Å². The Balaban J connectivity index is 0.00000289. The topological polar surface area (TPSA) is 105 Å². The molecule has 2 aromatic carbocycles. The second kappa shape index (κ2) is 9.93. The molecule has 10 heteroatoms. The van der Waals surface area contributed by atoms with Gasteiger partial charge < -0.3 is 9.62 Å². The fraction of sp³-hybridized carbons (Fsp3) is 0.0800. The molecule has 0 N–H and O–H groups in total. The van der Waals surface area contributed by atoms with E-state index < -0.39 is 10.0 Å². The molecule has 0 unspecified atom stereocenters. The van der Waals surface area contributed by atoms with Crippen LogP contribution in [-0.4, -0.2) is 31.3 Å². The van der Waals surface area contributed by atoms with Gasteiger partial charge in [-0.3, -0.25) is 9.78 Å². The number of carbonyl (C=O) groups is 1. The molecule has 1 aliphatic rings. The molecule has 168 valence electrons. The van der Waals surface area contributed by atoms with Crippen molar-refractivity contribution >= 4 is 33.0 Å². The molecule has 0 radical (unpaired) electrons. The quantitative estimate of drug-likeness (QED) is 0.385. The van der Waals surface area contributed by atoms with Crippen LogP contribution >= 0.6 is 11.3 Å². The Kier molecular flexibility index (Phi) is 7.12. The zero-order valence-electron chi connectivity index (χ0n) is 19.0. The van der Waals surface area contributed by atoms with Crippen molar-refractivity contribution in [1.82, 2.24) is 9.88 Å². The van der Waals surface area contributed by atoms with E-state index in [1.807, 2.05) is 36.4 Å². The smallest absolute Gasteiger partial charge is 0.571 e. The van der Waals surface area contributed by atoms with Gasteiger partial charge in [-0.25, -0.2) is 8.42 Å². The Morgan fingerprint density at radius 1 is 1.00 bits per heavy atom. The second-order valence-electron chi connectivity index (χ2n) is 7.83. The van der Waals surface area contributed by atoms with E-state index in [0.717, 1.165) is 32.0 Å². The molecule has 4 aromatic rings. The van der Waals surface area contributed by atoms with Gasteiger partial charge in [0.05, 0.1) is 16.5 Å². The van der Waals surface area contributed by atoms with Crippen LogP contribution in [0.5, 0.6) is 0 Å². The molecule has 0 fully saturated rings. The van der Waals surface area contributed by atoms with Gasteiger partial charge >= 0.3 is 29.6 Å². The van der Waals surface area contributed by atoms with Gasteiger partial charge in [-0.05, 0) is 59.7 Å². The average Bonchev–Trinajstić information content (AvgIpc) is 3.44. The maximum absolute atomic E-state index is 12.7. The number of nitrogens with zero attached hydrogens (tertiary/aromatic N) is 4. The Hall–Kier alpha value is -3.00. The van der Waals surface area contributed by atoms with Crippen LogP contribution in [-0.2, 0) is 16.6 Å². The SMILES string of the molecule is CN1Cc2cc(-c3ccc(-c4cncc([N-]S(=O)(=O)c5ccc(C#N)cc5)c4)s3)ccc2C1=O.[Na+]. The minimum absolute atomic E-state index is 0. The van der Waals surface area contributed by atoms with Crippen LogP contribution in [0.1, 0.15) is 21.5 Å². The molecule has 3 heterocycles. The minimum atomic E-state index is -3.94. The van der Waals surface area contributed by atoms with Crippen molar-refractivity contribution in [3.05, 3.63) is 94.5 Å². The van der Waals surface area contributed by atoms with Crippen molar-refractivity contribution in [2.75, 3.05) is 7.05 Å². The standard InChI is InChI=1S/C25H17N4O3S2.Na/c1-29-15-19-10-17(4-7-22(19)25(29)30)23-8-9-24(33-23)18-11-20(14-27-13-18)28-34(31,32)21-5-2-16(12-26)3-6-21;/h2-11,13-14H,15H2,1H3;/q-1;+1. The van der Waals surface area contributed by atoms with E-state index in [1.165, 1.54) is 30.5 Å². The molecule has 1 amide bonds. The van der Waals surface area contributed by atoms with Crippen molar-refractivity contribution in [3.8, 4) is 27.0 Å². The monoisotopic (exact) mass is 508 g/mol. The summed E-state index contributed by atoms with van der Waals surface area (Å²) in [5, 5.41) is 8.90. The number of hydrogen-bond donors (Lipinski definition) is 0. The minimum Gasteiger partial charge on any atom is -0.571 e. The first-order valence-electron chi connectivity index (χ1n) is 10.3. The predicted octanol–water partition coefficient (Wildman–Crippen LogP) is 2.33. The van der Waals surface area contributed by atoms with Gasteiger partial charge in [0.25, 0.3) is 5.91 Å². The zero-order valence-corrected chi connectivity index (χ0v) is 22.6. The van der Waals surface area contributed by atoms with Gasteiger partial charge in [0.1, 0.15) is 10.0 Å². The van der Waals surface area contributed by atoms with E-state index in [9.17, 15) is 13.2 Å². The summed E-state index contributed by atoms with van der Waals surface area (Å²) in [6.07, 6.45) is 3.06. The summed E-state index contributed by atoms with van der Waals surface area (Å²) in [7, 11) is -2.15. The van der Waals surface area contributed by atoms with Crippen LogP contribution in [0.4, 0.5) is 5.69 Å². The van der Waals surface area contributed by atoms with Crippen molar-refractivity contribution in [2.24, 2.45) is 0 Å². The Morgan fingerprint density at radius 2 is 1.71 bits per heavy atom. The predicted molar refractivity (Wildman–Crippen MR) is 130 cm³/mol. The number of aromatic nitrogens is 1. The first-order chi connectivity index (χ1) is 16.3. The van der Waals surface area contributed by atoms with Crippen LogP contribution < -0.4 is 29.6 Å². The molecule has 0 atom stereocenters. The van der Waals surface area contributed by atoms with E-state index in [0.29, 0.717) is 12.1 Å². The normalized spacial score (nSPS) is 12.6. The largest absolute Gasteiger partial charge is 1.00 e. The molecule has 0 spiro atoms. The van der Waals surface area contributed by atoms with Gasteiger partial charge in [-0.15, -0.1) is 17.0 Å². The van der Waals surface area contributed by atoms with Gasteiger partial charge in [0, 0.05) is 46.9 Å². The number of amides is 1. The van der Waals surface area contributed by atoms with Crippen molar-refractivity contribution in [3.63, 3.8) is 0 Å². The summed E-state index contributed by atoms with van der Waals surface area (Å²) in [6.45, 7) is 0.599. The van der Waals surface area contributed by atoms with Crippen LogP contribution in [0.15, 0.2) is 78.0 Å². The van der Waals surface area contributed by atoms with Crippen LogP contribution in [0.25, 0.3) is 25.6 Å². The molecule has 0 aliphatic carbocycles. The van der Waals surface area contributed by atoms with Crippen molar-refractivity contribution in [2.45, 2.75) is 11.4 Å². The van der Waals surface area contributed by atoms with Gasteiger partial charge in [-0.2, -0.15) is 5.26 Å². The number of nitriles is 1. The Morgan fingerprint density at radius 3 is 2.43 bits per heavy atom. The molecule has 7 nitrogen and oxygen atoms in total. The number of thiophene rings is 1. The molecule has 1 aliphatic heterocycles. The van der Waals surface area contributed by atoms with Gasteiger partial charge in [-0.1, -0.05) is 12.1 Å². The Bertz CT molecular complexity index is 1580. The summed E-state index contributed by atoms with van der Waals surface area (Å²) < 4.78 is 29.3. The number of rotatable bonds is 5. The average molecular weight is 509 g/mol. The van der Waals surface area contributed by atoms with Gasteiger partial charge in [0.15, 0.2) is 0 Å². The first-order valence-corrected chi connectivity index (χ1v) is 12.5. The number of fused-ring (bicyclic) bond motifs is 1. The molecule has 0 bridgehead atoms. The van der Waals surface area contributed by atoms with E-state index in [1.54, 1.807) is 35.5 Å². The van der Waals surface area contributed by atoms with Crippen LogP contribution in [0, 0.1) is 11.3 Å². The van der Waals surface area contributed by atoms with E-state index in [2.05, 4.69) is 9.71 Å². The van der Waals surface area contributed by atoms with E-state index in [-0.39, 0.29) is 46.0 Å². The summed E-state index contributed by atoms with van der Waals surface area (Å²) in [5.74, 6) is 0.0380. The zero-order chi connectivity index (χ0) is 23.9. The van der Waals surface area contributed by atoms with Crippen LogP contribution in [0.3, 0.4) is 0 Å². The second-order valence-corrected chi connectivity index (χ2v) is 10.5. The number of pyridine rings is 1. The van der Waals surface area contributed by atoms with E-state index in [4.69, 9.17) is 5.26 Å². The van der Waals surface area contributed by atoms with E-state index >= 15 is 0 Å². The number of carbonyl (C=O) groups excluding carboxylic acids is 1. The Labute approximate surface area is 229 Å². The van der Waals surface area contributed by atoms with Crippen molar-refractivity contribution < 1.29 is 42.8 Å². The number of benzene rings is 2. The molecular weight excluding hydrogens is 491 g/mol.